The third-order valence-electron chi connectivity index (χ3n) is 5.02. The fraction of sp³-hybridized carbons (Fsp3) is 0.562. The van der Waals surface area contributed by atoms with Crippen molar-refractivity contribution in [3.05, 3.63) is 35.9 Å². The van der Waals surface area contributed by atoms with Gasteiger partial charge in [-0.3, -0.25) is 9.69 Å². The molecule has 0 amide bonds. The summed E-state index contributed by atoms with van der Waals surface area (Å²) in [6.07, 6.45) is 1.12. The van der Waals surface area contributed by atoms with Gasteiger partial charge in [0.05, 0.1) is 19.1 Å². The van der Waals surface area contributed by atoms with Crippen molar-refractivity contribution < 1.29 is 14.6 Å². The molecule has 2 aliphatic rings. The van der Waals surface area contributed by atoms with Crippen molar-refractivity contribution in [2.24, 2.45) is 5.92 Å². The van der Waals surface area contributed by atoms with Crippen LogP contribution in [0.5, 0.6) is 0 Å². The molecule has 0 saturated carbocycles. The SMILES string of the molecule is COC(=O)[C@@H]1[C@H]2C[C@H](O)[C@H](C[C@H]1c1ccccc1)N2C. The summed E-state index contributed by atoms with van der Waals surface area (Å²) in [6, 6.07) is 10.3. The highest BCUT2D eigenvalue weighted by Gasteiger charge is 2.53. The smallest absolute Gasteiger partial charge is 0.310 e. The number of hydrogen-bond donors (Lipinski definition) is 1. The number of hydrogen-bond acceptors (Lipinski definition) is 4. The molecule has 0 aliphatic carbocycles. The lowest BCUT2D eigenvalue weighted by molar-refractivity contribution is -0.150. The third kappa shape index (κ3) is 2.03. The van der Waals surface area contributed by atoms with E-state index in [4.69, 9.17) is 4.74 Å². The first-order valence-corrected chi connectivity index (χ1v) is 7.16. The number of esters is 1. The second kappa shape index (κ2) is 5.19. The Morgan fingerprint density at radius 3 is 2.60 bits per heavy atom. The van der Waals surface area contributed by atoms with Gasteiger partial charge in [0.25, 0.3) is 0 Å². The topological polar surface area (TPSA) is 49.8 Å². The van der Waals surface area contributed by atoms with Gasteiger partial charge in [-0.15, -0.1) is 0 Å². The van der Waals surface area contributed by atoms with E-state index in [9.17, 15) is 9.90 Å². The van der Waals surface area contributed by atoms with Gasteiger partial charge >= 0.3 is 5.97 Å². The van der Waals surface area contributed by atoms with Gasteiger partial charge in [-0.1, -0.05) is 30.3 Å². The molecule has 20 heavy (non-hydrogen) atoms. The van der Waals surface area contributed by atoms with Crippen molar-refractivity contribution in [3.63, 3.8) is 0 Å². The van der Waals surface area contributed by atoms with Crippen LogP contribution in [0.4, 0.5) is 0 Å². The van der Waals surface area contributed by atoms with Crippen LogP contribution in [0.25, 0.3) is 0 Å². The molecule has 1 aromatic carbocycles. The number of methoxy groups -OCH3 is 1. The summed E-state index contributed by atoms with van der Waals surface area (Å²) >= 11 is 0. The summed E-state index contributed by atoms with van der Waals surface area (Å²) in [5, 5.41) is 10.2. The van der Waals surface area contributed by atoms with Gasteiger partial charge in [-0.05, 0) is 25.5 Å². The largest absolute Gasteiger partial charge is 0.469 e. The Hall–Kier alpha value is -1.39. The Bertz CT molecular complexity index is 490. The molecule has 0 radical (unpaired) electrons. The zero-order valence-corrected chi connectivity index (χ0v) is 11.9. The summed E-state index contributed by atoms with van der Waals surface area (Å²) in [4.78, 5) is 14.4. The van der Waals surface area contributed by atoms with Crippen molar-refractivity contribution in [1.29, 1.82) is 0 Å². The lowest BCUT2D eigenvalue weighted by atomic mass is 9.76. The van der Waals surface area contributed by atoms with Crippen molar-refractivity contribution >= 4 is 5.97 Å². The number of carbonyl (C=O) groups excluding carboxylic acids is 1. The molecular weight excluding hydrogens is 254 g/mol. The fourth-order valence-corrected chi connectivity index (χ4v) is 3.99. The van der Waals surface area contributed by atoms with Gasteiger partial charge in [-0.25, -0.2) is 0 Å². The summed E-state index contributed by atoms with van der Waals surface area (Å²) in [5.74, 6) is -0.226. The quantitative estimate of drug-likeness (QED) is 0.829. The molecule has 0 aromatic heterocycles. The maximum Gasteiger partial charge on any atom is 0.310 e. The van der Waals surface area contributed by atoms with Crippen LogP contribution < -0.4 is 0 Å². The van der Waals surface area contributed by atoms with Crippen molar-refractivity contribution in [2.45, 2.75) is 36.9 Å². The first kappa shape index (κ1) is 13.6. The number of fused-ring (bicyclic) bond motifs is 2. The highest BCUT2D eigenvalue weighted by Crippen LogP contribution is 2.46. The Morgan fingerprint density at radius 1 is 1.25 bits per heavy atom. The van der Waals surface area contributed by atoms with E-state index in [1.807, 2.05) is 25.2 Å². The zero-order valence-electron chi connectivity index (χ0n) is 11.9. The molecule has 1 aromatic rings. The molecule has 2 heterocycles. The highest BCUT2D eigenvalue weighted by atomic mass is 16.5. The monoisotopic (exact) mass is 275 g/mol. The average molecular weight is 275 g/mol. The second-order valence-electron chi connectivity index (χ2n) is 5.91. The molecule has 2 aliphatic heterocycles. The number of aliphatic hydroxyl groups excluding tert-OH is 1. The van der Waals surface area contributed by atoms with E-state index in [1.54, 1.807) is 0 Å². The number of ether oxygens (including phenoxy) is 1. The lowest BCUT2D eigenvalue weighted by Crippen LogP contribution is -2.49. The minimum Gasteiger partial charge on any atom is -0.469 e. The van der Waals surface area contributed by atoms with Crippen LogP contribution in [0.15, 0.2) is 30.3 Å². The van der Waals surface area contributed by atoms with Crippen LogP contribution >= 0.6 is 0 Å². The van der Waals surface area contributed by atoms with Crippen LogP contribution in [-0.2, 0) is 9.53 Å². The summed E-state index contributed by atoms with van der Waals surface area (Å²) < 4.78 is 5.03. The van der Waals surface area contributed by atoms with Gasteiger partial charge in [0, 0.05) is 18.0 Å². The Labute approximate surface area is 119 Å². The van der Waals surface area contributed by atoms with Gasteiger partial charge in [0.1, 0.15) is 0 Å². The van der Waals surface area contributed by atoms with E-state index in [-0.39, 0.29) is 36.0 Å². The van der Waals surface area contributed by atoms with Gasteiger partial charge in [0.2, 0.25) is 0 Å². The van der Waals surface area contributed by atoms with Gasteiger partial charge < -0.3 is 9.84 Å². The zero-order chi connectivity index (χ0) is 14.3. The minimum atomic E-state index is -0.342. The molecule has 1 N–H and O–H groups in total. The molecule has 0 spiro atoms. The molecule has 2 bridgehead atoms. The first-order chi connectivity index (χ1) is 9.63. The van der Waals surface area contributed by atoms with Crippen molar-refractivity contribution in [2.75, 3.05) is 14.2 Å². The predicted molar refractivity (Wildman–Crippen MR) is 75.3 cm³/mol. The fourth-order valence-electron chi connectivity index (χ4n) is 3.99. The van der Waals surface area contributed by atoms with E-state index >= 15 is 0 Å². The summed E-state index contributed by atoms with van der Waals surface area (Å²) in [5.41, 5.74) is 1.17. The molecule has 3 rings (SSSR count). The predicted octanol–water partition coefficient (Wildman–Crippen LogP) is 1.40. The number of aliphatic hydroxyl groups is 1. The van der Waals surface area contributed by atoms with Crippen LogP contribution in [0.3, 0.4) is 0 Å². The second-order valence-corrected chi connectivity index (χ2v) is 5.91. The first-order valence-electron chi connectivity index (χ1n) is 7.16. The molecule has 108 valence electrons. The van der Waals surface area contributed by atoms with Crippen LogP contribution in [-0.4, -0.2) is 48.3 Å². The molecule has 4 nitrogen and oxygen atoms in total. The Kier molecular flexibility index (Phi) is 3.52. The normalized spacial score (nSPS) is 36.9. The summed E-state index contributed by atoms with van der Waals surface area (Å²) in [7, 11) is 3.45. The highest BCUT2D eigenvalue weighted by molar-refractivity contribution is 5.75. The number of carbonyl (C=O) groups is 1. The Morgan fingerprint density at radius 2 is 1.95 bits per heavy atom. The lowest BCUT2D eigenvalue weighted by Gasteiger charge is -2.41. The van der Waals surface area contributed by atoms with E-state index < -0.39 is 0 Å². The van der Waals surface area contributed by atoms with Crippen LogP contribution in [0.1, 0.15) is 24.3 Å². The molecule has 5 atom stereocenters. The van der Waals surface area contributed by atoms with Gasteiger partial charge in [0.15, 0.2) is 0 Å². The number of nitrogens with zero attached hydrogens (tertiary/aromatic N) is 1. The molecule has 0 unspecified atom stereocenters. The van der Waals surface area contributed by atoms with Crippen LogP contribution in [0.2, 0.25) is 0 Å². The molecule has 2 saturated heterocycles. The van der Waals surface area contributed by atoms with E-state index in [1.165, 1.54) is 12.7 Å². The van der Waals surface area contributed by atoms with E-state index in [0.717, 1.165) is 6.42 Å². The number of likely N-dealkylation sites (N-methyl/N-ethyl adjacent to an activating group) is 1. The minimum absolute atomic E-state index is 0.0707. The maximum atomic E-state index is 12.3. The number of piperidine rings is 1. The van der Waals surface area contributed by atoms with E-state index in [0.29, 0.717) is 6.42 Å². The average Bonchev–Trinajstić information content (AvgIpc) is 2.66. The van der Waals surface area contributed by atoms with Crippen molar-refractivity contribution in [3.8, 4) is 0 Å². The van der Waals surface area contributed by atoms with Gasteiger partial charge in [-0.2, -0.15) is 0 Å². The summed E-state index contributed by atoms with van der Waals surface area (Å²) in [6.45, 7) is 0. The molecular formula is C16H21NO3. The number of rotatable bonds is 2. The Balaban J connectivity index is 1.98. The maximum absolute atomic E-state index is 12.3. The van der Waals surface area contributed by atoms with Crippen molar-refractivity contribution in [1.82, 2.24) is 4.90 Å². The standard InChI is InChI=1S/C16H21NO3/c1-17-12-8-11(10-6-4-3-5-7-10)15(16(19)20-2)13(17)9-14(12)18/h3-7,11-15,18H,8-9H2,1-2H3/t11-,12-,13+,14-,15-/m0/s1. The molecule has 4 heteroatoms. The number of benzene rings is 1. The van der Waals surface area contributed by atoms with E-state index in [2.05, 4.69) is 17.0 Å². The third-order valence-corrected chi connectivity index (χ3v) is 5.02. The molecule has 2 fully saturated rings. The van der Waals surface area contributed by atoms with Crippen LogP contribution in [0, 0.1) is 5.92 Å².